The fraction of sp³-hybridized carbons (Fsp3) is 0.558. The average molecular weight is 781 g/mol. The molecular weight excluding hydrogens is 719 g/mol. The largest absolute Gasteiger partial charge is 0.368 e. The zero-order chi connectivity index (χ0) is 38.3. The molecule has 11 aliphatic rings. The number of nitrogens with zero attached hydrogens (tertiary/aromatic N) is 3. The van der Waals surface area contributed by atoms with Gasteiger partial charge < -0.3 is 25.8 Å². The summed E-state index contributed by atoms with van der Waals surface area (Å²) >= 11 is 0. The van der Waals surface area contributed by atoms with Crippen molar-refractivity contribution in [3.8, 4) is 0 Å². The molecule has 0 amide bonds. The molecule has 59 heavy (non-hydrogen) atoms. The third kappa shape index (κ3) is 4.90. The van der Waals surface area contributed by atoms with E-state index in [0.29, 0.717) is 71.8 Å². The first-order valence-electron chi connectivity index (χ1n) is 24.3. The van der Waals surface area contributed by atoms with Crippen molar-refractivity contribution in [1.29, 1.82) is 0 Å². The zero-order valence-corrected chi connectivity index (χ0v) is 34.6. The van der Waals surface area contributed by atoms with E-state index in [-0.39, 0.29) is 0 Å². The molecule has 6 nitrogen and oxygen atoms in total. The first kappa shape index (κ1) is 35.0. The molecule has 7 heterocycles. The average Bonchev–Trinajstić information content (AvgIpc) is 3.94. The number of rotatable bonds is 3. The van der Waals surface area contributed by atoms with Crippen molar-refractivity contribution in [2.45, 2.75) is 142 Å². The van der Waals surface area contributed by atoms with Gasteiger partial charge in [0, 0.05) is 90.3 Å². The van der Waals surface area contributed by atoms with Gasteiger partial charge >= 0.3 is 0 Å². The number of hydrogen-bond acceptors (Lipinski definition) is 6. The molecule has 3 aromatic rings. The lowest BCUT2D eigenvalue weighted by molar-refractivity contribution is 0.0116. The predicted octanol–water partition coefficient (Wildman–Crippen LogP) is 8.39. The normalized spacial score (nSPS) is 43.1. The van der Waals surface area contributed by atoms with Gasteiger partial charge in [0.25, 0.3) is 0 Å². The third-order valence-corrected chi connectivity index (χ3v) is 18.8. The maximum atomic E-state index is 5.22. The minimum Gasteiger partial charge on any atom is -0.368 e. The second-order valence-corrected chi connectivity index (χ2v) is 21.0. The van der Waals surface area contributed by atoms with Crippen molar-refractivity contribution >= 4 is 12.8 Å². The molecule has 3 N–H and O–H groups in total. The van der Waals surface area contributed by atoms with Crippen LogP contribution in [-0.2, 0) is 0 Å². The van der Waals surface area contributed by atoms with E-state index >= 15 is 0 Å². The van der Waals surface area contributed by atoms with Crippen molar-refractivity contribution in [2.75, 3.05) is 19.6 Å². The summed E-state index contributed by atoms with van der Waals surface area (Å²) in [6, 6.07) is 33.7. The Morgan fingerprint density at radius 2 is 1.32 bits per heavy atom. The van der Waals surface area contributed by atoms with Gasteiger partial charge in [-0.1, -0.05) is 92.4 Å². The number of piperidine rings is 1. The molecule has 6 aliphatic heterocycles. The number of piperazine rings is 1. The molecule has 3 saturated carbocycles. The van der Waals surface area contributed by atoms with E-state index in [1.54, 1.807) is 22.4 Å². The number of benzene rings is 2. The van der Waals surface area contributed by atoms with Crippen molar-refractivity contribution in [2.24, 2.45) is 17.8 Å². The van der Waals surface area contributed by atoms with E-state index < -0.39 is 0 Å². The van der Waals surface area contributed by atoms with Gasteiger partial charge in [0.1, 0.15) is 0 Å². The summed E-state index contributed by atoms with van der Waals surface area (Å²) < 4.78 is 0. The number of pyridine rings is 1. The summed E-state index contributed by atoms with van der Waals surface area (Å²) in [5.41, 5.74) is 13.0. The summed E-state index contributed by atoms with van der Waals surface area (Å²) in [5, 5.41) is 12.5. The zero-order valence-electron chi connectivity index (χ0n) is 34.6. The van der Waals surface area contributed by atoms with Gasteiger partial charge in [-0.3, -0.25) is 4.98 Å². The molecule has 0 radical (unpaired) electrons. The topological polar surface area (TPSA) is 55.5 Å². The van der Waals surface area contributed by atoms with Gasteiger partial charge in [0.15, 0.2) is 6.71 Å². The standard InChI is InChI=1S/C52H61BN6/c1-3-12-30(13-4-1)26-37-47-48(57-25-24-56-47)44-35-18-10-20-39-50(35)59(52(37)44)42-29-33(40-21-7-8-22-54-40)28-41-45(42)53(39)38-19-9-17-34-43-46-32(16-11-23-55-46)27-36(31-14-5-2-6-15-31)51(43)58(41)49(34)38/h1-8,12-15,21-22,26,32-36,38-39,41-42,45-50,55-57H,9-11,16-20,23-25,27-29H2/b37-26-. The highest BCUT2D eigenvalue weighted by Crippen LogP contribution is 2.71. The van der Waals surface area contributed by atoms with Gasteiger partial charge in [-0.25, -0.2) is 0 Å². The second-order valence-electron chi connectivity index (χ2n) is 21.0. The minimum atomic E-state index is 0.352. The Bertz CT molecular complexity index is 2220. The number of nitrogens with one attached hydrogen (secondary N) is 3. The monoisotopic (exact) mass is 781 g/mol. The number of hydrogen-bond donors (Lipinski definition) is 3. The van der Waals surface area contributed by atoms with Crippen LogP contribution in [0.2, 0.25) is 17.5 Å². The summed E-state index contributed by atoms with van der Waals surface area (Å²) in [6.45, 7) is 4.12. The van der Waals surface area contributed by atoms with Crippen molar-refractivity contribution in [1.82, 2.24) is 30.7 Å². The smallest absolute Gasteiger partial charge is 0.159 e. The molecular formula is C52H61BN6. The SMILES string of the molecule is C(=C1/C2=C(C3CCCC4B5C6CCCC7C8=C(C(c9ccccc9)CC9CCCNC89)N(C8CC(c9ccccn9)CC(C58)N2C43)C67)C2NCCNC12)/c1ccccc1. The maximum Gasteiger partial charge on any atom is 0.159 e. The van der Waals surface area contributed by atoms with Crippen LogP contribution in [0.1, 0.15) is 99.3 Å². The van der Waals surface area contributed by atoms with Gasteiger partial charge in [-0.2, -0.15) is 0 Å². The van der Waals surface area contributed by atoms with Crippen LogP contribution in [0.25, 0.3) is 6.08 Å². The van der Waals surface area contributed by atoms with Gasteiger partial charge in [0.2, 0.25) is 0 Å². The van der Waals surface area contributed by atoms with E-state index in [4.69, 9.17) is 4.98 Å². The van der Waals surface area contributed by atoms with Crippen LogP contribution in [-0.4, -0.2) is 83.4 Å². The number of allylic oxidation sites excluding steroid dienone is 1. The van der Waals surface area contributed by atoms with Crippen LogP contribution in [0.15, 0.2) is 113 Å². The molecule has 0 bridgehead atoms. The highest BCUT2D eigenvalue weighted by Gasteiger charge is 2.71. The first-order chi connectivity index (χ1) is 29.3. The Balaban J connectivity index is 0.975. The maximum absolute atomic E-state index is 5.22. The minimum absolute atomic E-state index is 0.352. The molecule has 15 atom stereocenters. The highest BCUT2D eigenvalue weighted by molar-refractivity contribution is 6.65. The van der Waals surface area contributed by atoms with E-state index in [0.717, 1.165) is 37.4 Å². The quantitative estimate of drug-likeness (QED) is 0.233. The molecule has 1 aromatic heterocycles. The molecule has 0 spiro atoms. The second kappa shape index (κ2) is 13.4. The first-order valence-corrected chi connectivity index (χ1v) is 24.3. The summed E-state index contributed by atoms with van der Waals surface area (Å²) in [4.78, 5) is 11.7. The van der Waals surface area contributed by atoms with Crippen LogP contribution in [0.4, 0.5) is 0 Å². The van der Waals surface area contributed by atoms with Crippen LogP contribution in [0, 0.1) is 17.8 Å². The summed E-state index contributed by atoms with van der Waals surface area (Å²) in [6.07, 6.45) is 19.7. The molecule has 7 fully saturated rings. The van der Waals surface area contributed by atoms with E-state index in [9.17, 15) is 0 Å². The predicted molar refractivity (Wildman–Crippen MR) is 237 cm³/mol. The van der Waals surface area contributed by atoms with Gasteiger partial charge in [0.05, 0.1) is 12.1 Å². The van der Waals surface area contributed by atoms with Crippen LogP contribution in [0.3, 0.4) is 0 Å². The Hall–Kier alpha value is -3.65. The lowest BCUT2D eigenvalue weighted by atomic mass is 9.18. The number of aromatic nitrogens is 1. The van der Waals surface area contributed by atoms with E-state index in [2.05, 4.69) is 117 Å². The molecule has 302 valence electrons. The van der Waals surface area contributed by atoms with E-state index in [1.165, 1.54) is 88.4 Å². The molecule has 15 unspecified atom stereocenters. The van der Waals surface area contributed by atoms with Gasteiger partial charge in [-0.15, -0.1) is 0 Å². The summed E-state index contributed by atoms with van der Waals surface area (Å²) in [5.74, 6) is 5.39. The Morgan fingerprint density at radius 1 is 0.627 bits per heavy atom. The lowest BCUT2D eigenvalue weighted by Gasteiger charge is -2.68. The van der Waals surface area contributed by atoms with E-state index in [1.807, 2.05) is 11.3 Å². The number of fused-ring (bicyclic) bond motifs is 12. The molecule has 5 aliphatic carbocycles. The van der Waals surface area contributed by atoms with Crippen molar-refractivity contribution in [3.05, 3.63) is 130 Å². The Morgan fingerprint density at radius 3 is 2.10 bits per heavy atom. The highest BCUT2D eigenvalue weighted by atomic mass is 15.3. The van der Waals surface area contributed by atoms with Crippen molar-refractivity contribution < 1.29 is 0 Å². The Labute approximate surface area is 351 Å². The van der Waals surface area contributed by atoms with Gasteiger partial charge in [-0.05, 0) is 121 Å². The van der Waals surface area contributed by atoms with Crippen molar-refractivity contribution in [3.63, 3.8) is 0 Å². The molecule has 14 rings (SSSR count). The van der Waals surface area contributed by atoms with Crippen LogP contribution >= 0.6 is 0 Å². The Kier molecular flexibility index (Phi) is 7.97. The fourth-order valence-corrected chi connectivity index (χ4v) is 17.4. The summed E-state index contributed by atoms with van der Waals surface area (Å²) in [7, 11) is 0. The fourth-order valence-electron chi connectivity index (χ4n) is 17.4. The lowest BCUT2D eigenvalue weighted by Crippen LogP contribution is -2.72. The third-order valence-electron chi connectivity index (χ3n) is 18.8. The molecule has 2 aromatic carbocycles. The van der Waals surface area contributed by atoms with Crippen LogP contribution in [0.5, 0.6) is 0 Å². The van der Waals surface area contributed by atoms with Crippen LogP contribution < -0.4 is 16.0 Å². The molecule has 4 saturated heterocycles. The molecule has 7 heteroatoms.